The molecule has 0 atom stereocenters. The molecule has 2 N–H and O–H groups in total. The number of nitrogens with zero attached hydrogens (tertiary/aromatic N) is 3. The van der Waals surface area contributed by atoms with E-state index in [-0.39, 0.29) is 11.8 Å². The maximum atomic E-state index is 12.8. The van der Waals surface area contributed by atoms with Crippen LogP contribution in [-0.4, -0.2) is 70.1 Å². The van der Waals surface area contributed by atoms with E-state index >= 15 is 0 Å². The van der Waals surface area contributed by atoms with E-state index in [2.05, 4.69) is 15.2 Å². The van der Waals surface area contributed by atoms with E-state index in [9.17, 15) is 9.59 Å². The molecular weight excluding hydrogens is 358 g/mol. The van der Waals surface area contributed by atoms with Gasteiger partial charge in [-0.25, -0.2) is 0 Å². The Balaban J connectivity index is 1.40. The van der Waals surface area contributed by atoms with E-state index in [1.165, 1.54) is 0 Å². The minimum atomic E-state index is -0.117. The van der Waals surface area contributed by atoms with Crippen LogP contribution in [0.5, 0.6) is 5.75 Å². The summed E-state index contributed by atoms with van der Waals surface area (Å²) < 4.78 is 5.23. The summed E-state index contributed by atoms with van der Waals surface area (Å²) in [5.74, 6) is 0.573. The zero-order valence-corrected chi connectivity index (χ0v) is 15.5. The van der Waals surface area contributed by atoms with Crippen molar-refractivity contribution in [3.05, 3.63) is 60.0 Å². The Morgan fingerprint density at radius 3 is 2.32 bits per heavy atom. The quantitative estimate of drug-likeness (QED) is 0.725. The van der Waals surface area contributed by atoms with Gasteiger partial charge in [0.2, 0.25) is 0 Å². The van der Waals surface area contributed by atoms with E-state index in [0.717, 1.165) is 11.3 Å². The molecule has 3 aromatic rings. The Kier molecular flexibility index (Phi) is 4.84. The molecule has 1 aliphatic heterocycles. The second-order valence-corrected chi connectivity index (χ2v) is 6.57. The average molecular weight is 379 g/mol. The monoisotopic (exact) mass is 379 g/mol. The van der Waals surface area contributed by atoms with Crippen LogP contribution < -0.4 is 4.74 Å². The number of methoxy groups -OCH3 is 1. The fourth-order valence-corrected chi connectivity index (χ4v) is 3.28. The lowest BCUT2D eigenvalue weighted by atomic mass is 10.1. The van der Waals surface area contributed by atoms with Crippen LogP contribution in [0.15, 0.2) is 48.7 Å². The first-order valence-corrected chi connectivity index (χ1v) is 9.07. The van der Waals surface area contributed by atoms with Crippen molar-refractivity contribution < 1.29 is 14.3 Å². The molecule has 28 heavy (non-hydrogen) atoms. The molecule has 3 heterocycles. The third-order valence-corrected chi connectivity index (χ3v) is 4.86. The van der Waals surface area contributed by atoms with E-state index in [4.69, 9.17) is 4.74 Å². The number of aromatic nitrogens is 3. The van der Waals surface area contributed by atoms with E-state index in [1.807, 2.05) is 24.3 Å². The predicted octanol–water partition coefficient (Wildman–Crippen LogP) is 2.01. The average Bonchev–Trinajstić information content (AvgIpc) is 3.45. The van der Waals surface area contributed by atoms with Crippen LogP contribution in [0.4, 0.5) is 0 Å². The summed E-state index contributed by atoms with van der Waals surface area (Å²) in [6.45, 7) is 1.97. The number of hydrogen-bond acceptors (Lipinski definition) is 4. The summed E-state index contributed by atoms with van der Waals surface area (Å²) in [4.78, 5) is 31.6. The highest BCUT2D eigenvalue weighted by Gasteiger charge is 2.26. The smallest absolute Gasteiger partial charge is 0.272 e. The molecule has 1 aromatic carbocycles. The number of H-pyrrole nitrogens is 2. The minimum absolute atomic E-state index is 0.0426. The molecule has 0 bridgehead atoms. The van der Waals surface area contributed by atoms with Crippen molar-refractivity contribution in [1.29, 1.82) is 0 Å². The normalized spacial score (nSPS) is 14.2. The van der Waals surface area contributed by atoms with Crippen molar-refractivity contribution in [2.45, 2.75) is 0 Å². The summed E-state index contributed by atoms with van der Waals surface area (Å²) >= 11 is 0. The number of rotatable bonds is 4. The number of carbonyl (C=O) groups excluding carboxylic acids is 2. The van der Waals surface area contributed by atoms with Gasteiger partial charge in [-0.2, -0.15) is 5.10 Å². The molecule has 0 spiro atoms. The highest BCUT2D eigenvalue weighted by molar-refractivity contribution is 5.94. The van der Waals surface area contributed by atoms with Crippen LogP contribution in [0.3, 0.4) is 0 Å². The molecule has 0 radical (unpaired) electrons. The topological polar surface area (TPSA) is 94.3 Å². The Morgan fingerprint density at radius 2 is 1.68 bits per heavy atom. The van der Waals surface area contributed by atoms with Crippen molar-refractivity contribution in [2.24, 2.45) is 0 Å². The summed E-state index contributed by atoms with van der Waals surface area (Å²) in [6, 6.07) is 12.8. The molecule has 0 unspecified atom stereocenters. The maximum Gasteiger partial charge on any atom is 0.272 e. The van der Waals surface area contributed by atoms with Gasteiger partial charge in [-0.1, -0.05) is 12.1 Å². The summed E-state index contributed by atoms with van der Waals surface area (Å²) in [5, 5.41) is 7.09. The van der Waals surface area contributed by atoms with Crippen LogP contribution in [0, 0.1) is 0 Å². The van der Waals surface area contributed by atoms with Crippen LogP contribution in [0.2, 0.25) is 0 Å². The van der Waals surface area contributed by atoms with Gasteiger partial charge in [0.05, 0.1) is 12.8 Å². The summed E-state index contributed by atoms with van der Waals surface area (Å²) in [5.41, 5.74) is 2.55. The first-order valence-electron chi connectivity index (χ1n) is 9.07. The third-order valence-electron chi connectivity index (χ3n) is 4.86. The Morgan fingerprint density at radius 1 is 0.964 bits per heavy atom. The first-order chi connectivity index (χ1) is 13.7. The van der Waals surface area contributed by atoms with Crippen LogP contribution >= 0.6 is 0 Å². The van der Waals surface area contributed by atoms with Gasteiger partial charge in [0.1, 0.15) is 17.1 Å². The van der Waals surface area contributed by atoms with Crippen LogP contribution in [0.1, 0.15) is 21.0 Å². The fraction of sp³-hybridized carbons (Fsp3) is 0.250. The molecule has 8 nitrogen and oxygen atoms in total. The van der Waals surface area contributed by atoms with E-state index < -0.39 is 0 Å². The summed E-state index contributed by atoms with van der Waals surface area (Å²) in [7, 11) is 1.61. The van der Waals surface area contributed by atoms with Crippen LogP contribution in [0.25, 0.3) is 11.3 Å². The maximum absolute atomic E-state index is 12.8. The number of carbonyl (C=O) groups is 2. The Bertz CT molecular complexity index is 971. The number of amides is 2. The number of piperazine rings is 1. The van der Waals surface area contributed by atoms with Gasteiger partial charge >= 0.3 is 0 Å². The van der Waals surface area contributed by atoms with E-state index in [1.54, 1.807) is 41.3 Å². The second kappa shape index (κ2) is 7.59. The molecule has 0 aliphatic carbocycles. The van der Waals surface area contributed by atoms with Crippen LogP contribution in [-0.2, 0) is 0 Å². The molecule has 4 rings (SSSR count). The molecule has 1 aliphatic rings. The molecule has 2 amide bonds. The van der Waals surface area contributed by atoms with Crippen molar-refractivity contribution >= 4 is 11.8 Å². The lowest BCUT2D eigenvalue weighted by Gasteiger charge is -2.34. The van der Waals surface area contributed by atoms with Gasteiger partial charge in [0.15, 0.2) is 0 Å². The number of hydrogen-bond donors (Lipinski definition) is 2. The SMILES string of the molecule is COc1cccc(-c2cc(C(=O)N3CCN(C(=O)c4ccc[nH]4)CC3)[nH]n2)c1. The Labute approximate surface area is 162 Å². The molecule has 0 saturated carbocycles. The van der Waals surface area contributed by atoms with Crippen molar-refractivity contribution in [2.75, 3.05) is 33.3 Å². The number of benzene rings is 1. The summed E-state index contributed by atoms with van der Waals surface area (Å²) in [6.07, 6.45) is 1.73. The molecule has 1 saturated heterocycles. The van der Waals surface area contributed by atoms with Gasteiger partial charge in [0, 0.05) is 37.9 Å². The largest absolute Gasteiger partial charge is 0.497 e. The molecule has 144 valence electrons. The lowest BCUT2D eigenvalue weighted by Crippen LogP contribution is -2.50. The second-order valence-electron chi connectivity index (χ2n) is 6.57. The third kappa shape index (κ3) is 3.48. The molecule has 2 aromatic heterocycles. The first kappa shape index (κ1) is 17.8. The highest BCUT2D eigenvalue weighted by atomic mass is 16.5. The van der Waals surface area contributed by atoms with Crippen molar-refractivity contribution in [1.82, 2.24) is 25.0 Å². The number of nitrogens with one attached hydrogen (secondary N) is 2. The zero-order valence-electron chi connectivity index (χ0n) is 15.5. The predicted molar refractivity (Wildman–Crippen MR) is 103 cm³/mol. The lowest BCUT2D eigenvalue weighted by molar-refractivity contribution is 0.0529. The Hall–Kier alpha value is -3.55. The van der Waals surface area contributed by atoms with Gasteiger partial charge in [0.25, 0.3) is 11.8 Å². The van der Waals surface area contributed by atoms with Gasteiger partial charge < -0.3 is 19.5 Å². The highest BCUT2D eigenvalue weighted by Crippen LogP contribution is 2.23. The van der Waals surface area contributed by atoms with Gasteiger partial charge in [-0.3, -0.25) is 14.7 Å². The van der Waals surface area contributed by atoms with Crippen molar-refractivity contribution in [3.63, 3.8) is 0 Å². The van der Waals surface area contributed by atoms with Gasteiger partial charge in [-0.05, 0) is 30.3 Å². The van der Waals surface area contributed by atoms with Gasteiger partial charge in [-0.15, -0.1) is 0 Å². The molecular formula is C20H21N5O3. The molecule has 8 heteroatoms. The van der Waals surface area contributed by atoms with E-state index in [0.29, 0.717) is 43.3 Å². The standard InChI is InChI=1S/C20H21N5O3/c1-28-15-5-2-4-14(12-15)17-13-18(23-22-17)20(27)25-10-8-24(9-11-25)19(26)16-6-3-7-21-16/h2-7,12-13,21H,8-11H2,1H3,(H,22,23). The number of aromatic amines is 2. The fourth-order valence-electron chi connectivity index (χ4n) is 3.28. The minimum Gasteiger partial charge on any atom is -0.497 e. The zero-order chi connectivity index (χ0) is 19.5. The molecule has 1 fully saturated rings. The van der Waals surface area contributed by atoms with Crippen molar-refractivity contribution in [3.8, 4) is 17.0 Å². The number of ether oxygens (including phenoxy) is 1.